The Labute approximate surface area is 190 Å². The second-order valence-electron chi connectivity index (χ2n) is 7.29. The van der Waals surface area contributed by atoms with Crippen LogP contribution in [0.3, 0.4) is 0 Å². The van der Waals surface area contributed by atoms with Crippen LogP contribution in [-0.2, 0) is 14.3 Å². The maximum atomic E-state index is 12.5. The topological polar surface area (TPSA) is 61.9 Å². The number of nitrogens with zero attached hydrogens (tertiary/aromatic N) is 2. The predicted molar refractivity (Wildman–Crippen MR) is 122 cm³/mol. The lowest BCUT2D eigenvalue weighted by atomic mass is 10.0. The number of carbonyl (C=O) groups is 2. The zero-order valence-electron chi connectivity index (χ0n) is 17.0. The number of piperazine rings is 1. The molecule has 1 unspecified atom stereocenters. The molecule has 1 N–H and O–H groups in total. The number of amides is 1. The number of rotatable bonds is 6. The van der Waals surface area contributed by atoms with E-state index >= 15 is 0 Å². The van der Waals surface area contributed by atoms with Crippen LogP contribution in [0, 0.1) is 6.92 Å². The third-order valence-electron chi connectivity index (χ3n) is 5.16. The van der Waals surface area contributed by atoms with Crippen molar-refractivity contribution in [2.75, 3.05) is 45.2 Å². The summed E-state index contributed by atoms with van der Waals surface area (Å²) in [6, 6.07) is 12.6. The molecule has 0 radical (unpaired) electrons. The molecule has 2 aromatic rings. The second-order valence-corrected chi connectivity index (χ2v) is 8.55. The molecule has 1 fully saturated rings. The van der Waals surface area contributed by atoms with Gasteiger partial charge in [0.25, 0.3) is 0 Å². The molecule has 0 spiro atoms. The van der Waals surface area contributed by atoms with Gasteiger partial charge in [0.2, 0.25) is 5.91 Å². The van der Waals surface area contributed by atoms with Gasteiger partial charge in [-0.3, -0.25) is 14.6 Å². The molecule has 3 rings (SSSR count). The standard InChI is InChI=1S/C22H25BrClN3O3/c1-15-7-8-19(17(23)13-15)25-20(28)14-26-9-11-27(12-10-26)21(22(29)30-2)16-5-3-4-6-18(16)24/h3-8,13,21H,9-12,14H2,1-2H3,(H,25,28). The average Bonchev–Trinajstić information content (AvgIpc) is 2.72. The van der Waals surface area contributed by atoms with Gasteiger partial charge in [-0.1, -0.05) is 35.9 Å². The molecule has 1 aliphatic rings. The minimum atomic E-state index is -0.553. The number of benzene rings is 2. The number of ether oxygens (including phenoxy) is 1. The Hall–Kier alpha value is -1.93. The minimum absolute atomic E-state index is 0.0661. The van der Waals surface area contributed by atoms with E-state index in [9.17, 15) is 9.59 Å². The summed E-state index contributed by atoms with van der Waals surface area (Å²) in [5, 5.41) is 3.49. The minimum Gasteiger partial charge on any atom is -0.468 e. The van der Waals surface area contributed by atoms with Gasteiger partial charge in [-0.05, 0) is 52.2 Å². The molecule has 8 heteroatoms. The highest BCUT2D eigenvalue weighted by Crippen LogP contribution is 2.29. The fraction of sp³-hybridized carbons (Fsp3) is 0.364. The highest BCUT2D eigenvalue weighted by Gasteiger charge is 2.32. The lowest BCUT2D eigenvalue weighted by Crippen LogP contribution is -2.51. The van der Waals surface area contributed by atoms with Crippen molar-refractivity contribution in [2.45, 2.75) is 13.0 Å². The second kappa shape index (κ2) is 10.4. The zero-order chi connectivity index (χ0) is 21.7. The van der Waals surface area contributed by atoms with E-state index in [2.05, 4.69) is 31.0 Å². The van der Waals surface area contributed by atoms with Crippen LogP contribution in [0.4, 0.5) is 5.69 Å². The van der Waals surface area contributed by atoms with Crippen molar-refractivity contribution >= 4 is 45.1 Å². The van der Waals surface area contributed by atoms with Gasteiger partial charge in [0, 0.05) is 35.7 Å². The molecule has 0 bridgehead atoms. The number of esters is 1. The Balaban J connectivity index is 1.59. The van der Waals surface area contributed by atoms with E-state index in [0.29, 0.717) is 37.7 Å². The lowest BCUT2D eigenvalue weighted by molar-refractivity contribution is -0.148. The molecular weight excluding hydrogens is 470 g/mol. The number of hydrogen-bond donors (Lipinski definition) is 1. The van der Waals surface area contributed by atoms with Crippen molar-refractivity contribution in [3.63, 3.8) is 0 Å². The highest BCUT2D eigenvalue weighted by molar-refractivity contribution is 9.10. The maximum absolute atomic E-state index is 12.5. The predicted octanol–water partition coefficient (Wildman–Crippen LogP) is 3.88. The average molecular weight is 495 g/mol. The van der Waals surface area contributed by atoms with Crippen molar-refractivity contribution < 1.29 is 14.3 Å². The Bertz CT molecular complexity index is 916. The van der Waals surface area contributed by atoms with Crippen molar-refractivity contribution in [1.29, 1.82) is 0 Å². The third kappa shape index (κ3) is 5.60. The van der Waals surface area contributed by atoms with Gasteiger partial charge in [0.05, 0.1) is 19.3 Å². The van der Waals surface area contributed by atoms with E-state index < -0.39 is 6.04 Å². The fourth-order valence-corrected chi connectivity index (χ4v) is 4.41. The Kier molecular flexibility index (Phi) is 7.88. The number of carbonyl (C=O) groups excluding carboxylic acids is 2. The van der Waals surface area contributed by atoms with Gasteiger partial charge in [0.1, 0.15) is 6.04 Å². The van der Waals surface area contributed by atoms with Gasteiger partial charge < -0.3 is 10.1 Å². The molecule has 0 aliphatic carbocycles. The normalized spacial score (nSPS) is 16.1. The van der Waals surface area contributed by atoms with Crippen molar-refractivity contribution in [2.24, 2.45) is 0 Å². The zero-order valence-corrected chi connectivity index (χ0v) is 19.4. The Morgan fingerprint density at radius 3 is 2.50 bits per heavy atom. The van der Waals surface area contributed by atoms with Crippen molar-refractivity contribution in [1.82, 2.24) is 9.80 Å². The van der Waals surface area contributed by atoms with E-state index in [1.165, 1.54) is 7.11 Å². The molecule has 1 atom stereocenters. The van der Waals surface area contributed by atoms with Crippen LogP contribution in [0.25, 0.3) is 0 Å². The summed E-state index contributed by atoms with van der Waals surface area (Å²) < 4.78 is 5.89. The smallest absolute Gasteiger partial charge is 0.327 e. The quantitative estimate of drug-likeness (QED) is 0.618. The van der Waals surface area contributed by atoms with Crippen molar-refractivity contribution in [3.05, 3.63) is 63.1 Å². The molecule has 2 aromatic carbocycles. The maximum Gasteiger partial charge on any atom is 0.327 e. The van der Waals surface area contributed by atoms with Crippen LogP contribution in [0.15, 0.2) is 46.9 Å². The lowest BCUT2D eigenvalue weighted by Gasteiger charge is -2.38. The molecule has 1 amide bonds. The Morgan fingerprint density at radius 2 is 1.87 bits per heavy atom. The molecule has 6 nitrogen and oxygen atoms in total. The molecule has 0 saturated carbocycles. The first-order chi connectivity index (χ1) is 14.4. The largest absolute Gasteiger partial charge is 0.468 e. The SMILES string of the molecule is COC(=O)C(c1ccccc1Cl)N1CCN(CC(=O)Nc2ccc(C)cc2Br)CC1. The molecule has 30 heavy (non-hydrogen) atoms. The van der Waals surface area contributed by atoms with Gasteiger partial charge in [0.15, 0.2) is 0 Å². The summed E-state index contributed by atoms with van der Waals surface area (Å²) in [6.45, 7) is 4.89. The van der Waals surface area contributed by atoms with Crippen LogP contribution in [0.5, 0.6) is 0 Å². The highest BCUT2D eigenvalue weighted by atomic mass is 79.9. The van der Waals surface area contributed by atoms with E-state index in [-0.39, 0.29) is 11.9 Å². The first-order valence-corrected chi connectivity index (χ1v) is 10.9. The summed E-state index contributed by atoms with van der Waals surface area (Å²) in [6.07, 6.45) is 0. The van der Waals surface area contributed by atoms with E-state index in [1.54, 1.807) is 6.07 Å². The monoisotopic (exact) mass is 493 g/mol. The first kappa shape index (κ1) is 22.7. The summed E-state index contributed by atoms with van der Waals surface area (Å²) in [4.78, 5) is 29.1. The van der Waals surface area contributed by atoms with E-state index in [4.69, 9.17) is 16.3 Å². The van der Waals surface area contributed by atoms with E-state index in [1.807, 2.05) is 43.3 Å². The molecule has 1 saturated heterocycles. The number of anilines is 1. The van der Waals surface area contributed by atoms with Gasteiger partial charge in [-0.2, -0.15) is 0 Å². The first-order valence-electron chi connectivity index (χ1n) is 9.73. The summed E-state index contributed by atoms with van der Waals surface area (Å²) in [7, 11) is 1.38. The van der Waals surface area contributed by atoms with E-state index in [0.717, 1.165) is 21.3 Å². The van der Waals surface area contributed by atoms with Crippen LogP contribution >= 0.6 is 27.5 Å². The number of methoxy groups -OCH3 is 1. The van der Waals surface area contributed by atoms with Crippen molar-refractivity contribution in [3.8, 4) is 0 Å². The van der Waals surface area contributed by atoms with Gasteiger partial charge >= 0.3 is 5.97 Å². The molecule has 1 aliphatic heterocycles. The molecule has 1 heterocycles. The number of aryl methyl sites for hydroxylation is 1. The molecule has 0 aromatic heterocycles. The third-order valence-corrected chi connectivity index (χ3v) is 6.16. The summed E-state index contributed by atoms with van der Waals surface area (Å²) in [5.41, 5.74) is 2.62. The molecular formula is C22H25BrClN3O3. The van der Waals surface area contributed by atoms with Gasteiger partial charge in [-0.15, -0.1) is 0 Å². The van der Waals surface area contributed by atoms with Crippen LogP contribution in [0.1, 0.15) is 17.2 Å². The fourth-order valence-electron chi connectivity index (χ4n) is 3.58. The number of hydrogen-bond acceptors (Lipinski definition) is 5. The van der Waals surface area contributed by atoms with Gasteiger partial charge in [-0.25, -0.2) is 4.79 Å². The van der Waals surface area contributed by atoms with Crippen LogP contribution in [-0.4, -0.2) is 61.5 Å². The van der Waals surface area contributed by atoms with Crippen LogP contribution in [0.2, 0.25) is 5.02 Å². The van der Waals surface area contributed by atoms with Crippen LogP contribution < -0.4 is 5.32 Å². The number of nitrogens with one attached hydrogen (secondary N) is 1. The summed E-state index contributed by atoms with van der Waals surface area (Å²) >= 11 is 9.82. The molecule has 160 valence electrons. The summed E-state index contributed by atoms with van der Waals surface area (Å²) in [5.74, 6) is -0.401. The number of halogens is 2. The Morgan fingerprint density at radius 1 is 1.17 bits per heavy atom.